The molecule has 0 aliphatic carbocycles. The third kappa shape index (κ3) is 6.22. The van der Waals surface area contributed by atoms with Crippen molar-refractivity contribution < 1.29 is 14.7 Å². The Morgan fingerprint density at radius 3 is 2.89 bits per heavy atom. The van der Waals surface area contributed by atoms with Crippen LogP contribution in [-0.2, 0) is 9.59 Å². The summed E-state index contributed by atoms with van der Waals surface area (Å²) in [6.45, 7) is 2.07. The predicted octanol–water partition coefficient (Wildman–Crippen LogP) is 1.80. The molecule has 9 heteroatoms. The first kappa shape index (κ1) is 15.3. The number of carboxylic acid groups (broad SMARTS) is 1. The van der Waals surface area contributed by atoms with E-state index in [0.29, 0.717) is 10.3 Å². The summed E-state index contributed by atoms with van der Waals surface area (Å²) in [5.41, 5.74) is 0. The third-order valence-corrected chi connectivity index (χ3v) is 4.26. The van der Waals surface area contributed by atoms with Crippen molar-refractivity contribution in [2.75, 3.05) is 22.6 Å². The highest BCUT2D eigenvalue weighted by atomic mass is 32.2. The number of anilines is 1. The van der Waals surface area contributed by atoms with Crippen molar-refractivity contribution in [3.8, 4) is 0 Å². The zero-order valence-electron chi connectivity index (χ0n) is 9.71. The molecule has 0 radical (unpaired) electrons. The van der Waals surface area contributed by atoms with Gasteiger partial charge in [-0.15, -0.1) is 11.8 Å². The lowest BCUT2D eigenvalue weighted by Gasteiger charge is -1.99. The first-order valence-electron chi connectivity index (χ1n) is 5.17. The molecule has 0 saturated carbocycles. The van der Waals surface area contributed by atoms with Gasteiger partial charge in [0.1, 0.15) is 0 Å². The molecule has 0 unspecified atom stereocenters. The van der Waals surface area contributed by atoms with Gasteiger partial charge in [0.15, 0.2) is 0 Å². The SMILES string of the molecule is CCCSc1nsc(NC(=O)CSCC(=O)O)n1. The summed E-state index contributed by atoms with van der Waals surface area (Å²) < 4.78 is 4.09. The summed E-state index contributed by atoms with van der Waals surface area (Å²) >= 11 is 3.72. The minimum absolute atomic E-state index is 0.0822. The molecular formula is C9H13N3O3S3. The second-order valence-corrected chi connectivity index (χ2v) is 5.96. The molecule has 0 atom stereocenters. The molecule has 6 nitrogen and oxygen atoms in total. The second kappa shape index (κ2) is 8.33. The number of carbonyl (C=O) groups is 2. The Hall–Kier alpha value is -0.800. The van der Waals surface area contributed by atoms with Crippen molar-refractivity contribution in [2.24, 2.45) is 0 Å². The van der Waals surface area contributed by atoms with Gasteiger partial charge in [0.2, 0.25) is 16.2 Å². The molecule has 1 aromatic heterocycles. The van der Waals surface area contributed by atoms with Crippen LogP contribution in [0.2, 0.25) is 0 Å². The van der Waals surface area contributed by atoms with Crippen LogP contribution in [0.1, 0.15) is 13.3 Å². The number of nitrogens with zero attached hydrogens (tertiary/aromatic N) is 2. The van der Waals surface area contributed by atoms with Crippen molar-refractivity contribution in [3.05, 3.63) is 0 Å². The molecule has 18 heavy (non-hydrogen) atoms. The van der Waals surface area contributed by atoms with E-state index in [9.17, 15) is 9.59 Å². The number of rotatable bonds is 8. The van der Waals surface area contributed by atoms with E-state index in [1.807, 2.05) is 0 Å². The van der Waals surface area contributed by atoms with Crippen LogP contribution in [0.25, 0.3) is 0 Å². The second-order valence-electron chi connectivity index (χ2n) is 3.17. The van der Waals surface area contributed by atoms with Gasteiger partial charge in [-0.2, -0.15) is 9.36 Å². The topological polar surface area (TPSA) is 92.2 Å². The first-order chi connectivity index (χ1) is 8.61. The van der Waals surface area contributed by atoms with Gasteiger partial charge in [0.25, 0.3) is 0 Å². The molecule has 1 amide bonds. The fourth-order valence-electron chi connectivity index (χ4n) is 0.899. The minimum atomic E-state index is -0.929. The van der Waals surface area contributed by atoms with E-state index in [4.69, 9.17) is 5.11 Å². The maximum Gasteiger partial charge on any atom is 0.313 e. The van der Waals surface area contributed by atoms with Gasteiger partial charge < -0.3 is 5.11 Å². The van der Waals surface area contributed by atoms with E-state index in [-0.39, 0.29) is 17.4 Å². The highest BCUT2D eigenvalue weighted by Crippen LogP contribution is 2.20. The van der Waals surface area contributed by atoms with Crippen molar-refractivity contribution in [1.29, 1.82) is 0 Å². The number of aromatic nitrogens is 2. The molecule has 0 aromatic carbocycles. The lowest BCUT2D eigenvalue weighted by molar-refractivity contribution is -0.133. The van der Waals surface area contributed by atoms with Crippen molar-refractivity contribution >= 4 is 52.1 Å². The quantitative estimate of drug-likeness (QED) is 0.707. The van der Waals surface area contributed by atoms with Gasteiger partial charge in [0.05, 0.1) is 11.5 Å². The van der Waals surface area contributed by atoms with Crippen LogP contribution < -0.4 is 5.32 Å². The highest BCUT2D eigenvalue weighted by Gasteiger charge is 2.09. The van der Waals surface area contributed by atoms with Gasteiger partial charge >= 0.3 is 5.97 Å². The minimum Gasteiger partial charge on any atom is -0.481 e. The average Bonchev–Trinajstić information content (AvgIpc) is 2.73. The molecular weight excluding hydrogens is 294 g/mol. The summed E-state index contributed by atoms with van der Waals surface area (Å²) in [7, 11) is 0. The van der Waals surface area contributed by atoms with Crippen molar-refractivity contribution in [3.63, 3.8) is 0 Å². The van der Waals surface area contributed by atoms with Crippen LogP contribution >= 0.6 is 35.1 Å². The number of nitrogens with one attached hydrogen (secondary N) is 1. The van der Waals surface area contributed by atoms with Crippen LogP contribution in [0, 0.1) is 0 Å². The van der Waals surface area contributed by atoms with E-state index in [2.05, 4.69) is 21.6 Å². The van der Waals surface area contributed by atoms with Crippen LogP contribution in [0.4, 0.5) is 5.13 Å². The molecule has 0 aliphatic rings. The van der Waals surface area contributed by atoms with Crippen molar-refractivity contribution in [1.82, 2.24) is 9.36 Å². The van der Waals surface area contributed by atoms with Crippen LogP contribution in [0.3, 0.4) is 0 Å². The number of hydrogen-bond donors (Lipinski definition) is 2. The van der Waals surface area contributed by atoms with Crippen molar-refractivity contribution in [2.45, 2.75) is 18.5 Å². The number of carboxylic acids is 1. The lowest BCUT2D eigenvalue weighted by Crippen LogP contribution is -2.15. The maximum absolute atomic E-state index is 11.4. The zero-order valence-corrected chi connectivity index (χ0v) is 12.2. The smallest absolute Gasteiger partial charge is 0.313 e. The monoisotopic (exact) mass is 307 g/mol. The maximum atomic E-state index is 11.4. The molecule has 0 aliphatic heterocycles. The fourth-order valence-corrected chi connectivity index (χ4v) is 2.85. The number of aliphatic carboxylic acids is 1. The summed E-state index contributed by atoms with van der Waals surface area (Å²) in [5, 5.41) is 12.1. The Labute approximate surface area is 117 Å². The highest BCUT2D eigenvalue weighted by molar-refractivity contribution is 8.00. The molecule has 0 spiro atoms. The van der Waals surface area contributed by atoms with Crippen LogP contribution in [0.5, 0.6) is 0 Å². The van der Waals surface area contributed by atoms with Gasteiger partial charge in [0, 0.05) is 17.3 Å². The lowest BCUT2D eigenvalue weighted by atomic mass is 10.6. The molecule has 100 valence electrons. The standard InChI is InChI=1S/C9H13N3O3S3/c1-2-3-17-9-11-8(18-12-9)10-6(13)4-16-5-7(14)15/h2-5H2,1H3,(H,14,15)(H,10,11,12,13). The Morgan fingerprint density at radius 1 is 1.44 bits per heavy atom. The third-order valence-electron chi connectivity index (χ3n) is 1.55. The summed E-state index contributed by atoms with van der Waals surface area (Å²) in [5.74, 6) is -0.227. The Morgan fingerprint density at radius 2 is 2.22 bits per heavy atom. The number of carbonyl (C=O) groups excluding carboxylic acids is 1. The van der Waals surface area contributed by atoms with E-state index in [0.717, 1.165) is 35.5 Å². The van der Waals surface area contributed by atoms with Gasteiger partial charge in [-0.1, -0.05) is 18.7 Å². The number of amides is 1. The largest absolute Gasteiger partial charge is 0.481 e. The predicted molar refractivity (Wildman–Crippen MR) is 74.5 cm³/mol. The first-order valence-corrected chi connectivity index (χ1v) is 8.09. The van der Waals surface area contributed by atoms with Crippen LogP contribution in [0.15, 0.2) is 5.16 Å². The molecule has 1 rings (SSSR count). The summed E-state index contributed by atoms with van der Waals surface area (Å²) in [4.78, 5) is 25.8. The summed E-state index contributed by atoms with van der Waals surface area (Å²) in [6, 6.07) is 0. The van der Waals surface area contributed by atoms with E-state index < -0.39 is 5.97 Å². The van der Waals surface area contributed by atoms with Gasteiger partial charge in [-0.3, -0.25) is 14.9 Å². The zero-order chi connectivity index (χ0) is 13.4. The normalized spacial score (nSPS) is 10.3. The Bertz CT molecular complexity index is 411. The molecule has 0 bridgehead atoms. The van der Waals surface area contributed by atoms with Crippen LogP contribution in [-0.4, -0.2) is 43.6 Å². The van der Waals surface area contributed by atoms with E-state index >= 15 is 0 Å². The molecule has 0 saturated heterocycles. The van der Waals surface area contributed by atoms with Gasteiger partial charge in [-0.05, 0) is 6.42 Å². The average molecular weight is 307 g/mol. The fraction of sp³-hybridized carbons (Fsp3) is 0.556. The molecule has 2 N–H and O–H groups in total. The Balaban J connectivity index is 2.30. The summed E-state index contributed by atoms with van der Waals surface area (Å²) in [6.07, 6.45) is 1.04. The van der Waals surface area contributed by atoms with Gasteiger partial charge in [-0.25, -0.2) is 0 Å². The Kier molecular flexibility index (Phi) is 7.06. The number of thioether (sulfide) groups is 2. The molecule has 1 heterocycles. The molecule has 1 aromatic rings. The van der Waals surface area contributed by atoms with E-state index in [1.54, 1.807) is 11.8 Å². The van der Waals surface area contributed by atoms with E-state index in [1.165, 1.54) is 0 Å². The number of hydrogen-bond acceptors (Lipinski definition) is 7. The molecule has 0 fully saturated rings.